The van der Waals surface area contributed by atoms with Crippen LogP contribution < -0.4 is 10.6 Å². The molecule has 6 rings (SSSR count). The van der Waals surface area contributed by atoms with E-state index in [0.717, 1.165) is 32.1 Å². The monoisotopic (exact) mass is 394 g/mol. The molecule has 4 saturated carbocycles. The Kier molecular flexibility index (Phi) is 4.15. The first-order valence-electron chi connectivity index (χ1n) is 10.1. The van der Waals surface area contributed by atoms with E-state index < -0.39 is 5.82 Å². The van der Waals surface area contributed by atoms with Crippen LogP contribution in [0.25, 0.3) is 0 Å². The van der Waals surface area contributed by atoms with E-state index >= 15 is 0 Å². The molecule has 2 amide bonds. The van der Waals surface area contributed by atoms with Gasteiger partial charge in [0.15, 0.2) is 0 Å². The SMILES string of the molecule is O=C(NC12CC3CC(C1)CC(NC(=O)c1cnccn1)(C3)C2)c1cccc(F)c1. The molecule has 2 aromatic rings. The highest BCUT2D eigenvalue weighted by Gasteiger charge is 2.58. The molecule has 2 N–H and O–H groups in total. The van der Waals surface area contributed by atoms with E-state index in [0.29, 0.717) is 29.5 Å². The summed E-state index contributed by atoms with van der Waals surface area (Å²) in [5, 5.41) is 6.46. The number of hydrogen-bond donors (Lipinski definition) is 2. The van der Waals surface area contributed by atoms with Gasteiger partial charge in [0, 0.05) is 29.0 Å². The van der Waals surface area contributed by atoms with Gasteiger partial charge in [0.1, 0.15) is 11.5 Å². The maximum Gasteiger partial charge on any atom is 0.271 e. The molecule has 29 heavy (non-hydrogen) atoms. The minimum Gasteiger partial charge on any atom is -0.346 e. The zero-order chi connectivity index (χ0) is 20.1. The highest BCUT2D eigenvalue weighted by Crippen LogP contribution is 2.57. The summed E-state index contributed by atoms with van der Waals surface area (Å²) < 4.78 is 13.6. The number of halogens is 1. The number of rotatable bonds is 4. The second kappa shape index (κ2) is 6.61. The number of carbonyl (C=O) groups excluding carboxylic acids is 2. The Hall–Kier alpha value is -2.83. The first kappa shape index (κ1) is 18.2. The smallest absolute Gasteiger partial charge is 0.271 e. The third-order valence-corrected chi connectivity index (χ3v) is 6.70. The fourth-order valence-electron chi connectivity index (χ4n) is 6.22. The lowest BCUT2D eigenvalue weighted by molar-refractivity contribution is -0.0448. The van der Waals surface area contributed by atoms with Crippen molar-refractivity contribution < 1.29 is 14.0 Å². The van der Waals surface area contributed by atoms with Crippen molar-refractivity contribution >= 4 is 11.8 Å². The summed E-state index contributed by atoms with van der Waals surface area (Å²) in [4.78, 5) is 33.7. The number of carbonyl (C=O) groups is 2. The largest absolute Gasteiger partial charge is 0.346 e. The van der Waals surface area contributed by atoms with Gasteiger partial charge >= 0.3 is 0 Å². The van der Waals surface area contributed by atoms with Crippen LogP contribution in [0.4, 0.5) is 4.39 Å². The van der Waals surface area contributed by atoms with Crippen LogP contribution in [0.15, 0.2) is 42.9 Å². The highest BCUT2D eigenvalue weighted by molar-refractivity contribution is 5.95. The van der Waals surface area contributed by atoms with Crippen molar-refractivity contribution in [2.45, 2.75) is 49.6 Å². The van der Waals surface area contributed by atoms with Crippen LogP contribution in [0.2, 0.25) is 0 Å². The summed E-state index contributed by atoms with van der Waals surface area (Å²) in [6, 6.07) is 5.77. The summed E-state index contributed by atoms with van der Waals surface area (Å²) in [5.41, 5.74) is -0.0590. The van der Waals surface area contributed by atoms with Gasteiger partial charge in [-0.25, -0.2) is 9.37 Å². The minimum atomic E-state index is -0.420. The zero-order valence-electron chi connectivity index (χ0n) is 16.0. The first-order chi connectivity index (χ1) is 13.9. The molecule has 4 aliphatic carbocycles. The standard InChI is InChI=1S/C22H23FN4O2/c23-17-3-1-2-16(7-17)19(28)26-21-8-14-6-15(9-21)11-22(10-14,13-21)27-20(29)18-12-24-4-5-25-18/h1-5,7,12,14-15H,6,8-11,13H2,(H,26,28)(H,27,29). The normalized spacial score (nSPS) is 32.0. The zero-order valence-corrected chi connectivity index (χ0v) is 16.0. The average molecular weight is 394 g/mol. The van der Waals surface area contributed by atoms with Crippen LogP contribution >= 0.6 is 0 Å². The molecule has 4 bridgehead atoms. The number of nitrogens with zero attached hydrogens (tertiary/aromatic N) is 2. The van der Waals surface area contributed by atoms with Crippen LogP contribution in [0.5, 0.6) is 0 Å². The molecule has 4 aliphatic rings. The van der Waals surface area contributed by atoms with E-state index in [-0.39, 0.29) is 22.9 Å². The van der Waals surface area contributed by atoms with Crippen LogP contribution in [-0.4, -0.2) is 32.9 Å². The lowest BCUT2D eigenvalue weighted by Crippen LogP contribution is -2.69. The number of amides is 2. The summed E-state index contributed by atoms with van der Waals surface area (Å²) in [6.45, 7) is 0. The van der Waals surface area contributed by atoms with E-state index in [1.54, 1.807) is 18.3 Å². The van der Waals surface area contributed by atoms with Crippen molar-refractivity contribution in [3.8, 4) is 0 Å². The van der Waals surface area contributed by atoms with Gasteiger partial charge in [0.05, 0.1) is 6.20 Å². The van der Waals surface area contributed by atoms with Crippen molar-refractivity contribution in [1.82, 2.24) is 20.6 Å². The Morgan fingerprint density at radius 2 is 1.69 bits per heavy atom. The van der Waals surface area contributed by atoms with E-state index in [1.807, 2.05) is 0 Å². The topological polar surface area (TPSA) is 84.0 Å². The maximum atomic E-state index is 13.6. The quantitative estimate of drug-likeness (QED) is 0.835. The Morgan fingerprint density at radius 1 is 1.00 bits per heavy atom. The third kappa shape index (κ3) is 3.39. The summed E-state index contributed by atoms with van der Waals surface area (Å²) in [6.07, 6.45) is 10.0. The van der Waals surface area contributed by atoms with Gasteiger partial charge in [-0.15, -0.1) is 0 Å². The molecule has 1 aromatic carbocycles. The third-order valence-electron chi connectivity index (χ3n) is 6.70. The molecule has 0 saturated heterocycles. The Labute approximate surface area is 168 Å². The van der Waals surface area contributed by atoms with Crippen LogP contribution in [0.3, 0.4) is 0 Å². The molecule has 0 radical (unpaired) electrons. The predicted octanol–water partition coefficient (Wildman–Crippen LogP) is 2.87. The number of nitrogens with one attached hydrogen (secondary N) is 2. The van der Waals surface area contributed by atoms with Crippen LogP contribution in [0, 0.1) is 17.7 Å². The number of aromatic nitrogens is 2. The Bertz CT molecular complexity index is 950. The van der Waals surface area contributed by atoms with E-state index in [1.165, 1.54) is 24.5 Å². The molecule has 6 nitrogen and oxygen atoms in total. The van der Waals surface area contributed by atoms with Crippen LogP contribution in [0.1, 0.15) is 59.4 Å². The van der Waals surface area contributed by atoms with Crippen molar-refractivity contribution in [3.63, 3.8) is 0 Å². The van der Waals surface area contributed by atoms with Crippen molar-refractivity contribution in [2.24, 2.45) is 11.8 Å². The van der Waals surface area contributed by atoms with Gasteiger partial charge in [-0.05, 0) is 68.6 Å². The molecule has 7 heteroatoms. The summed E-state index contributed by atoms with van der Waals surface area (Å²) >= 11 is 0. The van der Waals surface area contributed by atoms with Gasteiger partial charge in [-0.2, -0.15) is 0 Å². The fraction of sp³-hybridized carbons (Fsp3) is 0.455. The molecule has 2 unspecified atom stereocenters. The maximum absolute atomic E-state index is 13.6. The molecule has 0 aliphatic heterocycles. The lowest BCUT2D eigenvalue weighted by atomic mass is 9.49. The second-order valence-electron chi connectivity index (χ2n) is 9.03. The van der Waals surface area contributed by atoms with E-state index in [9.17, 15) is 14.0 Å². The van der Waals surface area contributed by atoms with E-state index in [4.69, 9.17) is 0 Å². The van der Waals surface area contributed by atoms with Crippen molar-refractivity contribution in [1.29, 1.82) is 0 Å². The molecule has 1 aromatic heterocycles. The second-order valence-corrected chi connectivity index (χ2v) is 9.03. The fourth-order valence-corrected chi connectivity index (χ4v) is 6.22. The van der Waals surface area contributed by atoms with Crippen molar-refractivity contribution in [3.05, 3.63) is 59.9 Å². The first-order valence-corrected chi connectivity index (χ1v) is 10.1. The summed E-state index contributed by atoms with van der Waals surface area (Å²) in [7, 11) is 0. The van der Waals surface area contributed by atoms with Gasteiger partial charge < -0.3 is 10.6 Å². The van der Waals surface area contributed by atoms with E-state index in [2.05, 4.69) is 20.6 Å². The number of hydrogen-bond acceptors (Lipinski definition) is 4. The predicted molar refractivity (Wildman–Crippen MR) is 104 cm³/mol. The highest BCUT2D eigenvalue weighted by atomic mass is 19.1. The van der Waals surface area contributed by atoms with Gasteiger partial charge in [-0.3, -0.25) is 14.6 Å². The lowest BCUT2D eigenvalue weighted by Gasteiger charge is -2.62. The van der Waals surface area contributed by atoms with Gasteiger partial charge in [0.2, 0.25) is 0 Å². The van der Waals surface area contributed by atoms with Gasteiger partial charge in [-0.1, -0.05) is 6.07 Å². The molecule has 4 fully saturated rings. The molecule has 2 atom stereocenters. The molecule has 0 spiro atoms. The number of benzene rings is 1. The van der Waals surface area contributed by atoms with Crippen LogP contribution in [-0.2, 0) is 0 Å². The molecular weight excluding hydrogens is 371 g/mol. The average Bonchev–Trinajstić information content (AvgIpc) is 2.67. The summed E-state index contributed by atoms with van der Waals surface area (Å²) in [5.74, 6) is 0.0433. The minimum absolute atomic E-state index is 0.216. The van der Waals surface area contributed by atoms with Crippen molar-refractivity contribution in [2.75, 3.05) is 0 Å². The Morgan fingerprint density at radius 3 is 2.31 bits per heavy atom. The molecule has 1 heterocycles. The molecular formula is C22H23FN4O2. The molecule has 150 valence electrons. The van der Waals surface area contributed by atoms with Gasteiger partial charge in [0.25, 0.3) is 11.8 Å². The Balaban J connectivity index is 1.38.